The maximum atomic E-state index is 12.0. The molecule has 0 aromatic heterocycles. The summed E-state index contributed by atoms with van der Waals surface area (Å²) in [5, 5.41) is 0. The SMILES string of the molecule is CC(=O)C1Cc2ccc(Oc3ccccc3)cc2C(=O)O1. The molecule has 2 aromatic rings. The Morgan fingerprint density at radius 3 is 2.62 bits per heavy atom. The van der Waals surface area contributed by atoms with E-state index in [1.165, 1.54) is 6.92 Å². The molecule has 1 heterocycles. The summed E-state index contributed by atoms with van der Waals surface area (Å²) >= 11 is 0. The fourth-order valence-corrected chi connectivity index (χ4v) is 2.27. The standard InChI is InChI=1S/C17H14O4/c1-11(18)16-9-12-7-8-14(10-15(12)17(19)21-16)20-13-5-3-2-4-6-13/h2-8,10,16H,9H2,1H3. The number of hydrogen-bond donors (Lipinski definition) is 0. The van der Waals surface area contributed by atoms with Gasteiger partial charge in [0.1, 0.15) is 11.5 Å². The Hall–Kier alpha value is -2.62. The van der Waals surface area contributed by atoms with Gasteiger partial charge in [0.2, 0.25) is 0 Å². The second-order valence-corrected chi connectivity index (χ2v) is 4.94. The molecule has 1 aliphatic rings. The lowest BCUT2D eigenvalue weighted by Crippen LogP contribution is -2.32. The van der Waals surface area contributed by atoms with Gasteiger partial charge in [0, 0.05) is 6.42 Å². The molecule has 0 fully saturated rings. The summed E-state index contributed by atoms with van der Waals surface area (Å²) in [7, 11) is 0. The third-order valence-electron chi connectivity index (χ3n) is 3.39. The molecule has 21 heavy (non-hydrogen) atoms. The summed E-state index contributed by atoms with van der Waals surface area (Å²) in [5.41, 5.74) is 1.27. The van der Waals surface area contributed by atoms with Crippen molar-refractivity contribution < 1.29 is 19.1 Å². The lowest BCUT2D eigenvalue weighted by Gasteiger charge is -2.23. The van der Waals surface area contributed by atoms with E-state index >= 15 is 0 Å². The number of rotatable bonds is 3. The van der Waals surface area contributed by atoms with Crippen LogP contribution >= 0.6 is 0 Å². The highest BCUT2D eigenvalue weighted by Gasteiger charge is 2.29. The summed E-state index contributed by atoms with van der Waals surface area (Å²) in [4.78, 5) is 23.3. The molecule has 0 saturated carbocycles. The van der Waals surface area contributed by atoms with E-state index < -0.39 is 12.1 Å². The molecule has 0 N–H and O–H groups in total. The van der Waals surface area contributed by atoms with Gasteiger partial charge in [-0.25, -0.2) is 4.79 Å². The molecule has 4 heteroatoms. The Bertz CT molecular complexity index is 691. The van der Waals surface area contributed by atoms with Gasteiger partial charge in [-0.05, 0) is 36.8 Å². The summed E-state index contributed by atoms with van der Waals surface area (Å²) in [6.45, 7) is 1.43. The molecule has 1 unspecified atom stereocenters. The van der Waals surface area contributed by atoms with Gasteiger partial charge in [-0.15, -0.1) is 0 Å². The van der Waals surface area contributed by atoms with E-state index in [9.17, 15) is 9.59 Å². The monoisotopic (exact) mass is 282 g/mol. The minimum Gasteiger partial charge on any atom is -0.457 e. The van der Waals surface area contributed by atoms with Crippen LogP contribution in [0.4, 0.5) is 0 Å². The van der Waals surface area contributed by atoms with Gasteiger partial charge in [0.25, 0.3) is 0 Å². The molecule has 1 aliphatic heterocycles. The number of benzene rings is 2. The molecule has 0 amide bonds. The first kappa shape index (κ1) is 13.4. The zero-order valence-electron chi connectivity index (χ0n) is 11.5. The van der Waals surface area contributed by atoms with Gasteiger partial charge in [-0.1, -0.05) is 24.3 Å². The van der Waals surface area contributed by atoms with Crippen LogP contribution in [0.2, 0.25) is 0 Å². The van der Waals surface area contributed by atoms with Crippen molar-refractivity contribution >= 4 is 11.8 Å². The summed E-state index contributed by atoms with van der Waals surface area (Å²) in [6, 6.07) is 14.6. The van der Waals surface area contributed by atoms with E-state index in [2.05, 4.69) is 0 Å². The lowest BCUT2D eigenvalue weighted by atomic mass is 9.97. The Labute approximate surface area is 122 Å². The number of cyclic esters (lactones) is 1. The first-order chi connectivity index (χ1) is 10.1. The first-order valence-corrected chi connectivity index (χ1v) is 6.71. The molecular formula is C17H14O4. The smallest absolute Gasteiger partial charge is 0.339 e. The van der Waals surface area contributed by atoms with Crippen LogP contribution in [0.25, 0.3) is 0 Å². The average Bonchev–Trinajstić information content (AvgIpc) is 2.48. The van der Waals surface area contributed by atoms with Crippen LogP contribution < -0.4 is 4.74 Å². The van der Waals surface area contributed by atoms with E-state index in [4.69, 9.17) is 9.47 Å². The molecule has 3 rings (SSSR count). The van der Waals surface area contributed by atoms with Crippen LogP contribution in [0.1, 0.15) is 22.8 Å². The summed E-state index contributed by atoms with van der Waals surface area (Å²) in [6.07, 6.45) is -0.256. The topological polar surface area (TPSA) is 52.6 Å². The number of esters is 1. The van der Waals surface area contributed by atoms with Crippen molar-refractivity contribution in [2.75, 3.05) is 0 Å². The minimum atomic E-state index is -0.675. The number of carbonyl (C=O) groups excluding carboxylic acids is 2. The molecule has 4 nitrogen and oxygen atoms in total. The fourth-order valence-electron chi connectivity index (χ4n) is 2.27. The van der Waals surface area contributed by atoms with Crippen molar-refractivity contribution in [2.45, 2.75) is 19.4 Å². The predicted molar refractivity (Wildman–Crippen MR) is 76.5 cm³/mol. The predicted octanol–water partition coefficient (Wildman–Crippen LogP) is 3.15. The lowest BCUT2D eigenvalue weighted by molar-refractivity contribution is -0.125. The Balaban J connectivity index is 1.87. The molecule has 0 spiro atoms. The molecule has 1 atom stereocenters. The Kier molecular flexibility index (Phi) is 3.44. The number of ether oxygens (including phenoxy) is 2. The molecule has 106 valence electrons. The largest absolute Gasteiger partial charge is 0.457 e. The number of hydrogen-bond acceptors (Lipinski definition) is 4. The van der Waals surface area contributed by atoms with Crippen molar-refractivity contribution in [3.8, 4) is 11.5 Å². The number of carbonyl (C=O) groups is 2. The number of ketones is 1. The molecule has 0 aliphatic carbocycles. The molecule has 2 aromatic carbocycles. The highest BCUT2D eigenvalue weighted by atomic mass is 16.5. The van der Waals surface area contributed by atoms with Crippen LogP contribution in [-0.4, -0.2) is 17.9 Å². The van der Waals surface area contributed by atoms with Crippen molar-refractivity contribution in [1.82, 2.24) is 0 Å². The van der Waals surface area contributed by atoms with Crippen LogP contribution in [0.15, 0.2) is 48.5 Å². The van der Waals surface area contributed by atoms with Gasteiger partial charge in [0.05, 0.1) is 5.56 Å². The van der Waals surface area contributed by atoms with Gasteiger partial charge in [-0.3, -0.25) is 4.79 Å². The maximum Gasteiger partial charge on any atom is 0.339 e. The van der Waals surface area contributed by atoms with Crippen molar-refractivity contribution in [2.24, 2.45) is 0 Å². The van der Waals surface area contributed by atoms with Crippen molar-refractivity contribution in [1.29, 1.82) is 0 Å². The Morgan fingerprint density at radius 2 is 1.90 bits per heavy atom. The number of fused-ring (bicyclic) bond motifs is 1. The number of Topliss-reactive ketones (excluding diaryl/α,β-unsaturated/α-hetero) is 1. The zero-order valence-corrected chi connectivity index (χ0v) is 11.5. The highest BCUT2D eigenvalue weighted by molar-refractivity contribution is 5.96. The van der Waals surface area contributed by atoms with E-state index in [0.717, 1.165) is 5.56 Å². The van der Waals surface area contributed by atoms with Gasteiger partial charge in [0.15, 0.2) is 11.9 Å². The third-order valence-corrected chi connectivity index (χ3v) is 3.39. The maximum absolute atomic E-state index is 12.0. The van der Waals surface area contributed by atoms with Crippen LogP contribution in [0.5, 0.6) is 11.5 Å². The molecule has 0 saturated heterocycles. The summed E-state index contributed by atoms with van der Waals surface area (Å²) in [5.74, 6) is 0.648. The minimum absolute atomic E-state index is 0.140. The first-order valence-electron chi connectivity index (χ1n) is 6.71. The van der Waals surface area contributed by atoms with Gasteiger partial charge >= 0.3 is 5.97 Å². The van der Waals surface area contributed by atoms with Gasteiger partial charge in [-0.2, -0.15) is 0 Å². The van der Waals surface area contributed by atoms with E-state index in [1.54, 1.807) is 12.1 Å². The quantitative estimate of drug-likeness (QED) is 0.811. The fraction of sp³-hybridized carbons (Fsp3) is 0.176. The van der Waals surface area contributed by atoms with Gasteiger partial charge < -0.3 is 9.47 Å². The third kappa shape index (κ3) is 2.79. The van der Waals surface area contributed by atoms with Crippen LogP contribution in [0.3, 0.4) is 0 Å². The van der Waals surface area contributed by atoms with E-state index in [-0.39, 0.29) is 5.78 Å². The molecule has 0 bridgehead atoms. The van der Waals surface area contributed by atoms with Crippen molar-refractivity contribution in [3.05, 3.63) is 59.7 Å². The second-order valence-electron chi connectivity index (χ2n) is 4.94. The molecule has 0 radical (unpaired) electrons. The van der Waals surface area contributed by atoms with Crippen molar-refractivity contribution in [3.63, 3.8) is 0 Å². The number of para-hydroxylation sites is 1. The highest BCUT2D eigenvalue weighted by Crippen LogP contribution is 2.28. The average molecular weight is 282 g/mol. The normalized spacial score (nSPS) is 16.8. The van der Waals surface area contributed by atoms with E-state index in [0.29, 0.717) is 23.5 Å². The summed E-state index contributed by atoms with van der Waals surface area (Å²) < 4.78 is 10.8. The molecular weight excluding hydrogens is 268 g/mol. The Morgan fingerprint density at radius 1 is 1.14 bits per heavy atom. The van der Waals surface area contributed by atoms with Crippen LogP contribution in [0, 0.1) is 0 Å². The second kappa shape index (κ2) is 5.40. The van der Waals surface area contributed by atoms with Crippen LogP contribution in [-0.2, 0) is 16.0 Å². The zero-order chi connectivity index (χ0) is 14.8. The van der Waals surface area contributed by atoms with E-state index in [1.807, 2.05) is 36.4 Å².